The van der Waals surface area contributed by atoms with Crippen LogP contribution < -0.4 is 5.73 Å². The van der Waals surface area contributed by atoms with Crippen molar-refractivity contribution in [3.63, 3.8) is 0 Å². The van der Waals surface area contributed by atoms with Crippen LogP contribution in [0.4, 0.5) is 0 Å². The molecule has 0 aromatic heterocycles. The molecule has 2 fully saturated rings. The van der Waals surface area contributed by atoms with Crippen molar-refractivity contribution in [2.45, 2.75) is 46.1 Å². The molecule has 2 N–H and O–H groups in total. The lowest BCUT2D eigenvalue weighted by Gasteiger charge is -2.34. The number of piperidine rings is 1. The average Bonchev–Trinajstić information content (AvgIpc) is 2.72. The topological polar surface area (TPSA) is 66.6 Å². The van der Waals surface area contributed by atoms with Gasteiger partial charge in [-0.05, 0) is 44.1 Å². The van der Waals surface area contributed by atoms with Gasteiger partial charge in [-0.2, -0.15) is 0 Å². The first-order valence-electron chi connectivity index (χ1n) is 7.66. The molecule has 0 aromatic rings. The maximum atomic E-state index is 12.4. The van der Waals surface area contributed by atoms with Crippen LogP contribution in [0.1, 0.15) is 40.0 Å². The molecular weight excluding hydrogens is 254 g/mol. The Morgan fingerprint density at radius 1 is 1.25 bits per heavy atom. The summed E-state index contributed by atoms with van der Waals surface area (Å²) in [5.74, 6) is -0.332. The lowest BCUT2D eigenvalue weighted by molar-refractivity contribution is -0.153. The number of hydrogen-bond donors (Lipinski definition) is 1. The summed E-state index contributed by atoms with van der Waals surface area (Å²) in [5, 5.41) is 0. The molecule has 0 radical (unpaired) electrons. The maximum absolute atomic E-state index is 12.4. The molecule has 0 spiro atoms. The van der Waals surface area contributed by atoms with Crippen molar-refractivity contribution in [3.05, 3.63) is 0 Å². The van der Waals surface area contributed by atoms with Gasteiger partial charge in [-0.25, -0.2) is 0 Å². The summed E-state index contributed by atoms with van der Waals surface area (Å²) < 4.78 is 0. The molecule has 2 aliphatic heterocycles. The van der Waals surface area contributed by atoms with Crippen LogP contribution >= 0.6 is 0 Å². The zero-order valence-corrected chi connectivity index (χ0v) is 12.9. The van der Waals surface area contributed by atoms with E-state index in [4.69, 9.17) is 5.73 Å². The standard InChI is InChI=1S/C15H27N3O2/c1-11-15(2,3)6-8-18(11)14(20)13(19)17-7-4-5-12(9-16)10-17/h11-12H,4-10,16H2,1-3H3. The van der Waals surface area contributed by atoms with Crippen molar-refractivity contribution < 1.29 is 9.59 Å². The Balaban J connectivity index is 2.00. The van der Waals surface area contributed by atoms with Crippen LogP contribution in [0.2, 0.25) is 0 Å². The Bertz CT molecular complexity index is 395. The van der Waals surface area contributed by atoms with Gasteiger partial charge in [0, 0.05) is 25.7 Å². The molecule has 2 saturated heterocycles. The van der Waals surface area contributed by atoms with Gasteiger partial charge < -0.3 is 15.5 Å². The highest BCUT2D eigenvalue weighted by molar-refractivity contribution is 6.35. The Kier molecular flexibility index (Phi) is 4.37. The second-order valence-electron chi connectivity index (χ2n) is 6.91. The second-order valence-corrected chi connectivity index (χ2v) is 6.91. The van der Waals surface area contributed by atoms with Crippen LogP contribution in [0, 0.1) is 11.3 Å². The molecule has 0 aromatic carbocycles. The SMILES string of the molecule is CC1N(C(=O)C(=O)N2CCCC(CN)C2)CCC1(C)C. The molecule has 0 aliphatic carbocycles. The van der Waals surface area contributed by atoms with Gasteiger partial charge in [-0.3, -0.25) is 9.59 Å². The lowest BCUT2D eigenvalue weighted by atomic mass is 9.86. The third-order valence-corrected chi connectivity index (χ3v) is 5.18. The van der Waals surface area contributed by atoms with Gasteiger partial charge in [-0.15, -0.1) is 0 Å². The van der Waals surface area contributed by atoms with Gasteiger partial charge in [0.25, 0.3) is 0 Å². The van der Waals surface area contributed by atoms with Gasteiger partial charge in [0.1, 0.15) is 0 Å². The summed E-state index contributed by atoms with van der Waals surface area (Å²) in [5.41, 5.74) is 5.78. The summed E-state index contributed by atoms with van der Waals surface area (Å²) in [7, 11) is 0. The molecular formula is C15H27N3O2. The fourth-order valence-corrected chi connectivity index (χ4v) is 3.21. The molecule has 2 amide bonds. The van der Waals surface area contributed by atoms with Gasteiger partial charge in [0.05, 0.1) is 0 Å². The van der Waals surface area contributed by atoms with E-state index in [1.165, 1.54) is 0 Å². The summed E-state index contributed by atoms with van der Waals surface area (Å²) >= 11 is 0. The van der Waals surface area contributed by atoms with Crippen molar-refractivity contribution in [2.75, 3.05) is 26.2 Å². The normalized spacial score (nSPS) is 29.6. The van der Waals surface area contributed by atoms with E-state index in [1.54, 1.807) is 9.80 Å². The smallest absolute Gasteiger partial charge is 0.312 e. The van der Waals surface area contributed by atoms with Crippen LogP contribution in [0.3, 0.4) is 0 Å². The van der Waals surface area contributed by atoms with Crippen LogP contribution in [-0.4, -0.2) is 53.8 Å². The Labute approximate surface area is 121 Å². The highest BCUT2D eigenvalue weighted by atomic mass is 16.2. The van der Waals surface area contributed by atoms with Gasteiger partial charge in [0.15, 0.2) is 0 Å². The highest BCUT2D eigenvalue weighted by Gasteiger charge is 2.42. The van der Waals surface area contributed by atoms with Crippen molar-refractivity contribution in [3.8, 4) is 0 Å². The average molecular weight is 281 g/mol. The summed E-state index contributed by atoms with van der Waals surface area (Å²) in [4.78, 5) is 28.3. The van der Waals surface area contributed by atoms with E-state index >= 15 is 0 Å². The van der Waals surface area contributed by atoms with Crippen LogP contribution in [0.25, 0.3) is 0 Å². The zero-order valence-electron chi connectivity index (χ0n) is 12.9. The number of hydrogen-bond acceptors (Lipinski definition) is 3. The number of rotatable bonds is 1. The Morgan fingerprint density at radius 3 is 2.50 bits per heavy atom. The number of nitrogens with two attached hydrogens (primary N) is 1. The number of carbonyl (C=O) groups is 2. The van der Waals surface area contributed by atoms with E-state index in [2.05, 4.69) is 13.8 Å². The van der Waals surface area contributed by atoms with Gasteiger partial charge >= 0.3 is 11.8 Å². The van der Waals surface area contributed by atoms with Crippen LogP contribution in [-0.2, 0) is 9.59 Å². The molecule has 2 rings (SSSR count). The number of likely N-dealkylation sites (tertiary alicyclic amines) is 2. The first-order valence-corrected chi connectivity index (χ1v) is 7.66. The quantitative estimate of drug-likeness (QED) is 0.724. The summed E-state index contributed by atoms with van der Waals surface area (Å²) in [6.07, 6.45) is 2.96. The van der Waals surface area contributed by atoms with E-state index in [-0.39, 0.29) is 23.3 Å². The van der Waals surface area contributed by atoms with Gasteiger partial charge in [-0.1, -0.05) is 13.8 Å². The van der Waals surface area contributed by atoms with E-state index in [1.807, 2.05) is 6.92 Å². The maximum Gasteiger partial charge on any atom is 0.312 e. The van der Waals surface area contributed by atoms with Crippen molar-refractivity contribution in [2.24, 2.45) is 17.1 Å². The predicted molar refractivity (Wildman–Crippen MR) is 77.9 cm³/mol. The first-order chi connectivity index (χ1) is 9.36. The van der Waals surface area contributed by atoms with E-state index in [0.29, 0.717) is 32.1 Å². The molecule has 2 aliphatic rings. The fourth-order valence-electron chi connectivity index (χ4n) is 3.21. The zero-order chi connectivity index (χ0) is 14.9. The minimum Gasteiger partial charge on any atom is -0.334 e. The molecule has 114 valence electrons. The lowest BCUT2D eigenvalue weighted by Crippen LogP contribution is -2.51. The molecule has 5 heteroatoms. The van der Waals surface area contributed by atoms with Gasteiger partial charge in [0.2, 0.25) is 0 Å². The third kappa shape index (κ3) is 2.82. The molecule has 2 heterocycles. The Morgan fingerprint density at radius 2 is 1.95 bits per heavy atom. The molecule has 2 atom stereocenters. The largest absolute Gasteiger partial charge is 0.334 e. The third-order valence-electron chi connectivity index (χ3n) is 5.18. The molecule has 2 unspecified atom stereocenters. The van der Waals surface area contributed by atoms with Crippen LogP contribution in [0.15, 0.2) is 0 Å². The molecule has 0 saturated carbocycles. The van der Waals surface area contributed by atoms with E-state index in [0.717, 1.165) is 19.3 Å². The van der Waals surface area contributed by atoms with E-state index < -0.39 is 0 Å². The molecule has 20 heavy (non-hydrogen) atoms. The van der Waals surface area contributed by atoms with Crippen LogP contribution in [0.5, 0.6) is 0 Å². The number of nitrogens with zero attached hydrogens (tertiary/aromatic N) is 2. The Hall–Kier alpha value is -1.10. The summed E-state index contributed by atoms with van der Waals surface area (Å²) in [6.45, 7) is 8.94. The first kappa shape index (κ1) is 15.3. The van der Waals surface area contributed by atoms with Crippen molar-refractivity contribution in [1.82, 2.24) is 9.80 Å². The predicted octanol–water partition coefficient (Wildman–Crippen LogP) is 0.831. The van der Waals surface area contributed by atoms with E-state index in [9.17, 15) is 9.59 Å². The minimum absolute atomic E-state index is 0.0949. The minimum atomic E-state index is -0.340. The molecule has 0 bridgehead atoms. The monoisotopic (exact) mass is 281 g/mol. The number of carbonyl (C=O) groups excluding carboxylic acids is 2. The van der Waals surface area contributed by atoms with Crippen molar-refractivity contribution in [1.29, 1.82) is 0 Å². The highest BCUT2D eigenvalue weighted by Crippen LogP contribution is 2.35. The molecule has 5 nitrogen and oxygen atoms in total. The summed E-state index contributed by atoms with van der Waals surface area (Å²) in [6, 6.07) is 0.119. The second kappa shape index (κ2) is 5.72. The fraction of sp³-hybridized carbons (Fsp3) is 0.867. The van der Waals surface area contributed by atoms with Crippen molar-refractivity contribution >= 4 is 11.8 Å². The number of amides is 2.